The molecule has 3 heterocycles. The van der Waals surface area contributed by atoms with Gasteiger partial charge in [0.1, 0.15) is 17.1 Å². The number of nitrogens with zero attached hydrogens (tertiary/aromatic N) is 4. The molecule has 1 aromatic carbocycles. The molecule has 136 valence electrons. The lowest BCUT2D eigenvalue weighted by Gasteiger charge is -2.10. The summed E-state index contributed by atoms with van der Waals surface area (Å²) >= 11 is 0. The van der Waals surface area contributed by atoms with Gasteiger partial charge in [0.25, 0.3) is 5.89 Å². The van der Waals surface area contributed by atoms with Crippen LogP contribution in [0.15, 0.2) is 59.4 Å². The number of pyridine rings is 2. The van der Waals surface area contributed by atoms with Gasteiger partial charge in [-0.2, -0.15) is 4.98 Å². The maximum absolute atomic E-state index is 5.91. The summed E-state index contributed by atoms with van der Waals surface area (Å²) < 4.78 is 11.2. The molecule has 0 aliphatic rings. The van der Waals surface area contributed by atoms with Crippen molar-refractivity contribution in [2.24, 2.45) is 0 Å². The molecule has 4 rings (SSSR count). The van der Waals surface area contributed by atoms with Crippen LogP contribution < -0.4 is 10.1 Å². The Bertz CT molecular complexity index is 1040. The molecule has 0 amide bonds. The van der Waals surface area contributed by atoms with Gasteiger partial charge in [-0.15, -0.1) is 0 Å². The van der Waals surface area contributed by atoms with E-state index < -0.39 is 0 Å². The summed E-state index contributed by atoms with van der Waals surface area (Å²) in [5, 5.41) is 8.22. The number of nitrogens with one attached hydrogen (secondary N) is 1. The summed E-state index contributed by atoms with van der Waals surface area (Å²) in [7, 11) is 0. The zero-order chi connectivity index (χ0) is 18.5. The Labute approximate surface area is 156 Å². The summed E-state index contributed by atoms with van der Waals surface area (Å²) in [5.74, 6) is 2.57. The van der Waals surface area contributed by atoms with Crippen molar-refractivity contribution >= 4 is 16.7 Å². The van der Waals surface area contributed by atoms with Gasteiger partial charge < -0.3 is 14.6 Å². The first kappa shape index (κ1) is 17.0. The van der Waals surface area contributed by atoms with E-state index in [0.717, 1.165) is 28.6 Å². The largest absolute Gasteiger partial charge is 0.491 e. The molecule has 0 fully saturated rings. The number of hydrogen-bond acceptors (Lipinski definition) is 7. The second kappa shape index (κ2) is 7.82. The van der Waals surface area contributed by atoms with Crippen LogP contribution in [0.5, 0.6) is 5.75 Å². The molecule has 27 heavy (non-hydrogen) atoms. The summed E-state index contributed by atoms with van der Waals surface area (Å²) in [6, 6.07) is 13.6. The molecule has 0 aliphatic carbocycles. The molecule has 0 aliphatic heterocycles. The molecule has 7 nitrogen and oxygen atoms in total. The lowest BCUT2D eigenvalue weighted by molar-refractivity contribution is 0.318. The fourth-order valence-electron chi connectivity index (χ4n) is 2.78. The quantitative estimate of drug-likeness (QED) is 0.500. The van der Waals surface area contributed by atoms with Crippen molar-refractivity contribution in [1.29, 1.82) is 0 Å². The van der Waals surface area contributed by atoms with E-state index >= 15 is 0 Å². The first-order valence-corrected chi connectivity index (χ1v) is 8.77. The first-order valence-electron chi connectivity index (χ1n) is 8.77. The van der Waals surface area contributed by atoms with Crippen LogP contribution in [0.3, 0.4) is 0 Å². The minimum atomic E-state index is 0.459. The highest BCUT2D eigenvalue weighted by molar-refractivity contribution is 5.84. The Morgan fingerprint density at radius 2 is 1.89 bits per heavy atom. The second-order valence-corrected chi connectivity index (χ2v) is 6.01. The number of aromatic nitrogens is 4. The number of para-hydroxylation sites is 1. The van der Waals surface area contributed by atoms with Crippen LogP contribution >= 0.6 is 0 Å². The third-order valence-electron chi connectivity index (χ3n) is 4.03. The Morgan fingerprint density at radius 3 is 2.78 bits per heavy atom. The van der Waals surface area contributed by atoms with Gasteiger partial charge in [-0.1, -0.05) is 23.4 Å². The monoisotopic (exact) mass is 361 g/mol. The molecule has 0 saturated carbocycles. The first-order chi connectivity index (χ1) is 13.3. The van der Waals surface area contributed by atoms with Gasteiger partial charge in [0.15, 0.2) is 5.82 Å². The van der Waals surface area contributed by atoms with Crippen LogP contribution in [0.1, 0.15) is 12.2 Å². The van der Waals surface area contributed by atoms with Crippen LogP contribution in [-0.4, -0.2) is 33.3 Å². The number of rotatable bonds is 7. The van der Waals surface area contributed by atoms with Crippen molar-refractivity contribution in [3.8, 4) is 17.2 Å². The van der Waals surface area contributed by atoms with E-state index in [1.807, 2.05) is 42.5 Å². The van der Waals surface area contributed by atoms with Crippen LogP contribution in [0.2, 0.25) is 0 Å². The van der Waals surface area contributed by atoms with Gasteiger partial charge in [0.05, 0.1) is 12.2 Å². The molecule has 0 radical (unpaired) electrons. The lowest BCUT2D eigenvalue weighted by atomic mass is 10.2. The molecule has 0 spiro atoms. The number of hydrogen-bond donors (Lipinski definition) is 1. The maximum Gasteiger partial charge on any atom is 0.261 e. The third-order valence-corrected chi connectivity index (χ3v) is 4.03. The van der Waals surface area contributed by atoms with Crippen molar-refractivity contribution in [2.75, 3.05) is 18.5 Å². The molecule has 0 unspecified atom stereocenters. The van der Waals surface area contributed by atoms with Crippen LogP contribution in [-0.2, 0) is 0 Å². The lowest BCUT2D eigenvalue weighted by Crippen LogP contribution is -2.09. The molecule has 3 aromatic heterocycles. The van der Waals surface area contributed by atoms with Crippen molar-refractivity contribution in [3.63, 3.8) is 0 Å². The zero-order valence-electron chi connectivity index (χ0n) is 14.9. The van der Waals surface area contributed by atoms with Gasteiger partial charge >= 0.3 is 0 Å². The van der Waals surface area contributed by atoms with Crippen molar-refractivity contribution in [1.82, 2.24) is 20.1 Å². The number of fused-ring (bicyclic) bond motifs is 1. The summed E-state index contributed by atoms with van der Waals surface area (Å²) in [4.78, 5) is 13.0. The second-order valence-electron chi connectivity index (χ2n) is 6.01. The fraction of sp³-hybridized carbons (Fsp3) is 0.200. The van der Waals surface area contributed by atoms with Crippen LogP contribution in [0.4, 0.5) is 5.82 Å². The average Bonchev–Trinajstić information content (AvgIpc) is 3.14. The van der Waals surface area contributed by atoms with E-state index in [9.17, 15) is 0 Å². The molecule has 0 bridgehead atoms. The number of aryl methyl sites for hydroxylation is 1. The number of ether oxygens (including phenoxy) is 1. The molecular weight excluding hydrogens is 342 g/mol. The van der Waals surface area contributed by atoms with E-state index in [1.165, 1.54) is 0 Å². The number of benzene rings is 1. The van der Waals surface area contributed by atoms with Crippen molar-refractivity contribution < 1.29 is 9.26 Å². The van der Waals surface area contributed by atoms with Gasteiger partial charge in [-0.3, -0.25) is 4.98 Å². The third kappa shape index (κ3) is 3.87. The Balaban J connectivity index is 1.35. The maximum atomic E-state index is 5.91. The molecule has 4 aromatic rings. The highest BCUT2D eigenvalue weighted by atomic mass is 16.5. The molecular formula is C20H19N5O2. The molecule has 0 saturated heterocycles. The Kier molecular flexibility index (Phi) is 4.91. The van der Waals surface area contributed by atoms with E-state index in [-0.39, 0.29) is 0 Å². The molecule has 0 atom stereocenters. The van der Waals surface area contributed by atoms with Gasteiger partial charge in [-0.05, 0) is 37.6 Å². The van der Waals surface area contributed by atoms with Gasteiger partial charge in [0.2, 0.25) is 0 Å². The average molecular weight is 361 g/mol. The van der Waals surface area contributed by atoms with E-state index in [4.69, 9.17) is 9.26 Å². The molecule has 1 N–H and O–H groups in total. The predicted octanol–water partition coefficient (Wildman–Crippen LogP) is 3.87. The highest BCUT2D eigenvalue weighted by Gasteiger charge is 2.12. The fourth-order valence-corrected chi connectivity index (χ4v) is 2.78. The normalized spacial score (nSPS) is 10.9. The van der Waals surface area contributed by atoms with E-state index in [2.05, 4.69) is 25.4 Å². The van der Waals surface area contributed by atoms with Gasteiger partial charge in [0, 0.05) is 24.3 Å². The minimum Gasteiger partial charge on any atom is -0.491 e. The topological polar surface area (TPSA) is 86.0 Å². The zero-order valence-corrected chi connectivity index (χ0v) is 14.9. The Morgan fingerprint density at radius 1 is 1.04 bits per heavy atom. The summed E-state index contributed by atoms with van der Waals surface area (Å²) in [6.45, 7) is 3.07. The molecule has 7 heteroatoms. The smallest absolute Gasteiger partial charge is 0.261 e. The Hall–Kier alpha value is -3.48. The predicted molar refractivity (Wildman–Crippen MR) is 103 cm³/mol. The highest BCUT2D eigenvalue weighted by Crippen LogP contribution is 2.25. The van der Waals surface area contributed by atoms with E-state index in [0.29, 0.717) is 30.7 Å². The van der Waals surface area contributed by atoms with Crippen molar-refractivity contribution in [2.45, 2.75) is 13.3 Å². The SMILES string of the molecule is Cc1noc(-c2cccnc2NCCCOc2cccc3cccnc23)n1. The van der Waals surface area contributed by atoms with E-state index in [1.54, 1.807) is 19.3 Å². The van der Waals surface area contributed by atoms with Crippen LogP contribution in [0.25, 0.3) is 22.4 Å². The summed E-state index contributed by atoms with van der Waals surface area (Å²) in [5.41, 5.74) is 1.67. The standard InChI is InChI=1S/C20H19N5O2/c1-14-24-20(27-25-14)16-8-4-11-22-19(16)23-12-5-13-26-17-9-2-6-15-7-3-10-21-18(15)17/h2-4,6-11H,5,12-13H2,1H3,(H,22,23). The minimum absolute atomic E-state index is 0.459. The number of anilines is 1. The van der Waals surface area contributed by atoms with Crippen LogP contribution in [0, 0.1) is 6.92 Å². The summed E-state index contributed by atoms with van der Waals surface area (Å²) in [6.07, 6.45) is 4.31. The van der Waals surface area contributed by atoms with Gasteiger partial charge in [-0.25, -0.2) is 4.98 Å². The van der Waals surface area contributed by atoms with Crippen molar-refractivity contribution in [3.05, 3.63) is 60.7 Å².